The van der Waals surface area contributed by atoms with E-state index in [9.17, 15) is 4.79 Å². The lowest BCUT2D eigenvalue weighted by Gasteiger charge is -2.32. The molecule has 0 spiro atoms. The summed E-state index contributed by atoms with van der Waals surface area (Å²) >= 11 is 0. The molecule has 5 nitrogen and oxygen atoms in total. The molecule has 182 valence electrons. The van der Waals surface area contributed by atoms with Gasteiger partial charge < -0.3 is 15.2 Å². The number of aromatic nitrogens is 1. The van der Waals surface area contributed by atoms with Gasteiger partial charge in [0, 0.05) is 38.1 Å². The average Bonchev–Trinajstić information content (AvgIpc) is 3.54. The first-order valence-electron chi connectivity index (χ1n) is 13.4. The van der Waals surface area contributed by atoms with Gasteiger partial charge in [0.25, 0.3) is 0 Å². The molecule has 2 aromatic rings. The van der Waals surface area contributed by atoms with E-state index in [4.69, 9.17) is 0 Å². The van der Waals surface area contributed by atoms with Gasteiger partial charge in [-0.2, -0.15) is 0 Å². The molecule has 2 unspecified atom stereocenters. The van der Waals surface area contributed by atoms with Crippen molar-refractivity contribution in [3.63, 3.8) is 0 Å². The predicted molar refractivity (Wildman–Crippen MR) is 139 cm³/mol. The van der Waals surface area contributed by atoms with Crippen LogP contribution in [0.25, 0.3) is 6.08 Å². The maximum atomic E-state index is 12.7. The molecule has 2 aliphatic carbocycles. The molecule has 2 amide bonds. The second-order valence-corrected chi connectivity index (χ2v) is 10.4. The molecule has 2 heterocycles. The van der Waals surface area contributed by atoms with E-state index < -0.39 is 0 Å². The molecule has 0 radical (unpaired) electrons. The van der Waals surface area contributed by atoms with Crippen molar-refractivity contribution >= 4 is 12.1 Å². The Labute approximate surface area is 204 Å². The van der Waals surface area contributed by atoms with Crippen LogP contribution in [0.5, 0.6) is 0 Å². The number of amides is 2. The number of carbonyl (C=O) groups excluding carboxylic acids is 1. The maximum absolute atomic E-state index is 12.7. The van der Waals surface area contributed by atoms with Crippen molar-refractivity contribution in [1.29, 1.82) is 0 Å². The van der Waals surface area contributed by atoms with Gasteiger partial charge in [0.15, 0.2) is 0 Å². The highest BCUT2D eigenvalue weighted by Crippen LogP contribution is 2.55. The highest BCUT2D eigenvalue weighted by Gasteiger charge is 2.42. The second kappa shape index (κ2) is 10.4. The first kappa shape index (κ1) is 23.2. The quantitative estimate of drug-likeness (QED) is 0.518. The number of allylic oxidation sites excluding steroid dienone is 1. The normalized spacial score (nSPS) is 21.4. The van der Waals surface area contributed by atoms with E-state index in [1.807, 2.05) is 4.90 Å². The number of carbonyl (C=O) groups is 1. The molecule has 2 N–H and O–H groups in total. The van der Waals surface area contributed by atoms with Crippen LogP contribution in [-0.2, 0) is 13.0 Å². The van der Waals surface area contributed by atoms with Crippen molar-refractivity contribution in [3.05, 3.63) is 64.5 Å². The van der Waals surface area contributed by atoms with E-state index in [1.54, 1.807) is 5.56 Å². The number of nitrogens with one attached hydrogen (secondary N) is 2. The Morgan fingerprint density at radius 3 is 2.65 bits per heavy atom. The zero-order chi connectivity index (χ0) is 23.5. The molecule has 0 bridgehead atoms. The van der Waals surface area contributed by atoms with Crippen molar-refractivity contribution in [2.75, 3.05) is 32.7 Å². The fraction of sp³-hybridized carbons (Fsp3) is 0.552. The van der Waals surface area contributed by atoms with Crippen LogP contribution >= 0.6 is 0 Å². The lowest BCUT2D eigenvalue weighted by atomic mass is 9.86. The Morgan fingerprint density at radius 2 is 1.91 bits per heavy atom. The number of rotatable bonds is 9. The lowest BCUT2D eigenvalue weighted by Crippen LogP contribution is -2.44. The highest BCUT2D eigenvalue weighted by atomic mass is 16.2. The summed E-state index contributed by atoms with van der Waals surface area (Å²) in [5, 5.41) is 3.15. The van der Waals surface area contributed by atoms with Gasteiger partial charge in [-0.3, -0.25) is 4.90 Å². The van der Waals surface area contributed by atoms with E-state index in [1.165, 1.54) is 35.2 Å². The number of piperidine rings is 1. The van der Waals surface area contributed by atoms with E-state index in [2.05, 4.69) is 71.7 Å². The number of hydrogen-bond donors (Lipinski definition) is 2. The van der Waals surface area contributed by atoms with Gasteiger partial charge >= 0.3 is 6.03 Å². The number of H-pyrrole nitrogens is 1. The van der Waals surface area contributed by atoms with Crippen molar-refractivity contribution in [2.45, 2.75) is 64.3 Å². The van der Waals surface area contributed by atoms with E-state index >= 15 is 0 Å². The van der Waals surface area contributed by atoms with Gasteiger partial charge in [0.2, 0.25) is 0 Å². The molecule has 2 atom stereocenters. The smallest absolute Gasteiger partial charge is 0.317 e. The summed E-state index contributed by atoms with van der Waals surface area (Å²) in [7, 11) is 0. The molecule has 2 fully saturated rings. The van der Waals surface area contributed by atoms with Gasteiger partial charge in [-0.25, -0.2) is 4.79 Å². The molecule has 34 heavy (non-hydrogen) atoms. The molecule has 5 heteroatoms. The van der Waals surface area contributed by atoms with Crippen LogP contribution in [0.4, 0.5) is 4.79 Å². The molecule has 1 aliphatic heterocycles. The first-order valence-corrected chi connectivity index (χ1v) is 13.4. The highest BCUT2D eigenvalue weighted by molar-refractivity contribution is 5.74. The Hall–Kier alpha value is -2.53. The first-order chi connectivity index (χ1) is 16.7. The van der Waals surface area contributed by atoms with Gasteiger partial charge in [-0.15, -0.1) is 0 Å². The summed E-state index contributed by atoms with van der Waals surface area (Å²) in [5.41, 5.74) is 7.07. The van der Waals surface area contributed by atoms with Crippen LogP contribution in [0.15, 0.2) is 36.5 Å². The predicted octanol–water partition coefficient (Wildman–Crippen LogP) is 5.51. The minimum absolute atomic E-state index is 0.0921. The molecule has 1 saturated carbocycles. The number of benzene rings is 1. The summed E-state index contributed by atoms with van der Waals surface area (Å²) in [4.78, 5) is 20.7. The third kappa shape index (κ3) is 5.10. The minimum atomic E-state index is 0.0921. The Bertz CT molecular complexity index is 1000. The molecule has 3 aliphatic rings. The number of nitrogens with zero attached hydrogens (tertiary/aromatic N) is 2. The SMILES string of the molecule is CCCN(CC)Cc1ccc(CCNC(=O)N2CCC(c3c[nH]c4c3C3CC3C=C4)CC2)cc1. The molecular weight excluding hydrogens is 420 g/mol. The number of likely N-dealkylation sites (tertiary alicyclic amines) is 1. The van der Waals surface area contributed by atoms with E-state index in [-0.39, 0.29) is 6.03 Å². The van der Waals surface area contributed by atoms with Gasteiger partial charge in [0.1, 0.15) is 0 Å². The number of aromatic amines is 1. The zero-order valence-corrected chi connectivity index (χ0v) is 20.9. The summed E-state index contributed by atoms with van der Waals surface area (Å²) in [5.74, 6) is 2.10. The summed E-state index contributed by atoms with van der Waals surface area (Å²) in [6, 6.07) is 8.99. The fourth-order valence-electron chi connectivity index (χ4n) is 5.89. The van der Waals surface area contributed by atoms with Crippen LogP contribution in [0.3, 0.4) is 0 Å². The summed E-state index contributed by atoms with van der Waals surface area (Å²) in [6.07, 6.45) is 12.4. The van der Waals surface area contributed by atoms with Gasteiger partial charge in [0.05, 0.1) is 0 Å². The average molecular weight is 461 g/mol. The number of urea groups is 1. The molecule has 5 rings (SSSR count). The van der Waals surface area contributed by atoms with Crippen LogP contribution in [0.1, 0.15) is 79.3 Å². The van der Waals surface area contributed by atoms with Crippen LogP contribution in [0, 0.1) is 5.92 Å². The minimum Gasteiger partial charge on any atom is -0.361 e. The van der Waals surface area contributed by atoms with Gasteiger partial charge in [-0.05, 0) is 91.3 Å². The fourth-order valence-corrected chi connectivity index (χ4v) is 5.89. The third-order valence-electron chi connectivity index (χ3n) is 8.03. The zero-order valence-electron chi connectivity index (χ0n) is 20.9. The van der Waals surface area contributed by atoms with Crippen molar-refractivity contribution in [2.24, 2.45) is 5.92 Å². The number of fused-ring (bicyclic) bond motifs is 3. The van der Waals surface area contributed by atoms with Crippen molar-refractivity contribution < 1.29 is 4.79 Å². The molecule has 1 aromatic carbocycles. The summed E-state index contributed by atoms with van der Waals surface area (Å²) < 4.78 is 0. The third-order valence-corrected chi connectivity index (χ3v) is 8.03. The van der Waals surface area contributed by atoms with Crippen LogP contribution < -0.4 is 5.32 Å². The van der Waals surface area contributed by atoms with Crippen molar-refractivity contribution in [3.8, 4) is 0 Å². The second-order valence-electron chi connectivity index (χ2n) is 10.4. The van der Waals surface area contributed by atoms with Crippen LogP contribution in [0.2, 0.25) is 0 Å². The summed E-state index contributed by atoms with van der Waals surface area (Å²) in [6.45, 7) is 10.1. The Kier molecular flexibility index (Phi) is 7.10. The lowest BCUT2D eigenvalue weighted by molar-refractivity contribution is 0.181. The Morgan fingerprint density at radius 1 is 1.15 bits per heavy atom. The number of hydrogen-bond acceptors (Lipinski definition) is 2. The largest absolute Gasteiger partial charge is 0.361 e. The molecule has 1 aromatic heterocycles. The van der Waals surface area contributed by atoms with Gasteiger partial charge in [-0.1, -0.05) is 44.2 Å². The standard InChI is InChI=1S/C29H40N4O/c1-3-15-32(4-2)20-22-7-5-21(6-8-22)11-14-30-29(34)33-16-12-23(13-17-33)26-19-31-27-10-9-24-18-25(24)28(26)27/h5-10,19,23-25,31H,3-4,11-18,20H2,1-2H3,(H,30,34). The maximum Gasteiger partial charge on any atom is 0.317 e. The topological polar surface area (TPSA) is 51.4 Å². The monoisotopic (exact) mass is 460 g/mol. The molecular formula is C29H40N4O. The van der Waals surface area contributed by atoms with E-state index in [0.29, 0.717) is 12.5 Å². The van der Waals surface area contributed by atoms with Crippen LogP contribution in [-0.4, -0.2) is 53.5 Å². The van der Waals surface area contributed by atoms with E-state index in [0.717, 1.165) is 63.8 Å². The molecule has 1 saturated heterocycles. The Balaban J connectivity index is 1.05. The van der Waals surface area contributed by atoms with Crippen molar-refractivity contribution in [1.82, 2.24) is 20.1 Å².